The Kier molecular flexibility index (Phi) is 6.91. The van der Waals surface area contributed by atoms with Crippen LogP contribution in [-0.4, -0.2) is 20.3 Å². The summed E-state index contributed by atoms with van der Waals surface area (Å²) in [5, 5.41) is 11.7. The first-order chi connectivity index (χ1) is 14.5. The quantitative estimate of drug-likeness (QED) is 0.257. The summed E-state index contributed by atoms with van der Waals surface area (Å²) in [6, 6.07) is 18.6. The normalized spacial score (nSPS) is 12.8. The third-order valence-electron chi connectivity index (χ3n) is 5.26. The van der Waals surface area contributed by atoms with Crippen molar-refractivity contribution in [3.8, 4) is 5.69 Å². The molecule has 1 aromatic heterocycles. The molecule has 2 atom stereocenters. The van der Waals surface area contributed by atoms with E-state index in [2.05, 4.69) is 11.6 Å². The molecule has 6 heteroatoms. The summed E-state index contributed by atoms with van der Waals surface area (Å²) in [4.78, 5) is 29.2. The molecule has 0 aliphatic carbocycles. The SMILES string of the molecule is C=C([C@@H](c1ccccc1)[C@H](CCCC)C(=O)c1nccn1-c1ccccc1)[N+](=O)[O-]. The van der Waals surface area contributed by atoms with Gasteiger partial charge in [-0.2, -0.15) is 0 Å². The van der Waals surface area contributed by atoms with Crippen LogP contribution in [0.1, 0.15) is 48.3 Å². The predicted molar refractivity (Wildman–Crippen MR) is 116 cm³/mol. The summed E-state index contributed by atoms with van der Waals surface area (Å²) in [5.41, 5.74) is 1.36. The Labute approximate surface area is 176 Å². The number of carbonyl (C=O) groups excluding carboxylic acids is 1. The van der Waals surface area contributed by atoms with Gasteiger partial charge in [0.1, 0.15) is 0 Å². The van der Waals surface area contributed by atoms with Crippen LogP contribution in [0.25, 0.3) is 5.69 Å². The van der Waals surface area contributed by atoms with Gasteiger partial charge in [0.05, 0.1) is 10.8 Å². The second-order valence-electron chi connectivity index (χ2n) is 7.21. The largest absolute Gasteiger partial charge is 0.297 e. The lowest BCUT2D eigenvalue weighted by atomic mass is 9.78. The van der Waals surface area contributed by atoms with Crippen molar-refractivity contribution in [2.24, 2.45) is 5.92 Å². The summed E-state index contributed by atoms with van der Waals surface area (Å²) in [7, 11) is 0. The molecule has 0 aliphatic rings. The number of para-hydroxylation sites is 1. The lowest BCUT2D eigenvalue weighted by Gasteiger charge is -2.24. The highest BCUT2D eigenvalue weighted by atomic mass is 16.6. The molecule has 0 saturated heterocycles. The van der Waals surface area contributed by atoms with Gasteiger partial charge < -0.3 is 0 Å². The lowest BCUT2D eigenvalue weighted by Crippen LogP contribution is -2.28. The molecule has 0 unspecified atom stereocenters. The number of nitrogens with zero attached hydrogens (tertiary/aromatic N) is 3. The molecule has 6 nitrogen and oxygen atoms in total. The van der Waals surface area contributed by atoms with Gasteiger partial charge in [0.15, 0.2) is 5.82 Å². The second kappa shape index (κ2) is 9.78. The van der Waals surface area contributed by atoms with Crippen molar-refractivity contribution < 1.29 is 9.72 Å². The Bertz CT molecular complexity index is 1010. The zero-order chi connectivity index (χ0) is 21.5. The fourth-order valence-electron chi connectivity index (χ4n) is 3.75. The number of unbranched alkanes of at least 4 members (excludes halogenated alkanes) is 1. The first-order valence-electron chi connectivity index (χ1n) is 10.1. The third kappa shape index (κ3) is 4.54. The van der Waals surface area contributed by atoms with Crippen molar-refractivity contribution in [2.45, 2.75) is 32.1 Å². The molecular weight excluding hydrogens is 378 g/mol. The predicted octanol–water partition coefficient (Wildman–Crippen LogP) is 5.44. The molecule has 0 aliphatic heterocycles. The molecule has 154 valence electrons. The van der Waals surface area contributed by atoms with E-state index in [0.717, 1.165) is 18.5 Å². The zero-order valence-electron chi connectivity index (χ0n) is 17.0. The van der Waals surface area contributed by atoms with Crippen molar-refractivity contribution in [1.29, 1.82) is 0 Å². The van der Waals surface area contributed by atoms with Crippen LogP contribution in [0.15, 0.2) is 85.3 Å². The van der Waals surface area contributed by atoms with Crippen LogP contribution in [0.2, 0.25) is 0 Å². The standard InChI is InChI=1S/C24H25N3O3/c1-3-4-15-21(22(18(2)27(29)30)19-11-7-5-8-12-19)23(28)24-25-16-17-26(24)20-13-9-6-10-14-20/h5-14,16-17,21-22H,2-4,15H2,1H3/t21-,22-/m0/s1. The van der Waals surface area contributed by atoms with Crippen molar-refractivity contribution in [1.82, 2.24) is 9.55 Å². The van der Waals surface area contributed by atoms with E-state index in [4.69, 9.17) is 0 Å². The van der Waals surface area contributed by atoms with E-state index in [1.165, 1.54) is 0 Å². The van der Waals surface area contributed by atoms with Crippen molar-refractivity contribution in [3.63, 3.8) is 0 Å². The second-order valence-corrected chi connectivity index (χ2v) is 7.21. The Morgan fingerprint density at radius 2 is 1.77 bits per heavy atom. The molecule has 30 heavy (non-hydrogen) atoms. The van der Waals surface area contributed by atoms with Crippen LogP contribution >= 0.6 is 0 Å². The molecule has 0 amide bonds. The van der Waals surface area contributed by atoms with Gasteiger partial charge in [-0.25, -0.2) is 4.98 Å². The van der Waals surface area contributed by atoms with E-state index in [-0.39, 0.29) is 17.3 Å². The van der Waals surface area contributed by atoms with E-state index < -0.39 is 16.8 Å². The Morgan fingerprint density at radius 3 is 2.37 bits per heavy atom. The molecule has 3 aromatic rings. The summed E-state index contributed by atoms with van der Waals surface area (Å²) in [5.74, 6) is -1.29. The summed E-state index contributed by atoms with van der Waals surface area (Å²) >= 11 is 0. The average molecular weight is 403 g/mol. The van der Waals surface area contributed by atoms with E-state index in [0.29, 0.717) is 12.0 Å². The van der Waals surface area contributed by atoms with Crippen LogP contribution in [0.5, 0.6) is 0 Å². The number of benzene rings is 2. The number of allylic oxidation sites excluding steroid dienone is 1. The number of Topliss-reactive ketones (excluding diaryl/α,β-unsaturated/α-hetero) is 1. The Morgan fingerprint density at radius 1 is 1.13 bits per heavy atom. The number of hydrogen-bond acceptors (Lipinski definition) is 4. The molecule has 0 fully saturated rings. The minimum Gasteiger partial charge on any atom is -0.297 e. The molecule has 2 aromatic carbocycles. The monoisotopic (exact) mass is 403 g/mol. The molecule has 0 radical (unpaired) electrons. The van der Waals surface area contributed by atoms with Gasteiger partial charge in [0.2, 0.25) is 11.5 Å². The van der Waals surface area contributed by atoms with E-state index in [1.807, 2.05) is 67.6 Å². The van der Waals surface area contributed by atoms with Gasteiger partial charge in [-0.15, -0.1) is 0 Å². The van der Waals surface area contributed by atoms with Crippen molar-refractivity contribution in [2.75, 3.05) is 0 Å². The number of imidazole rings is 1. The number of ketones is 1. The lowest BCUT2D eigenvalue weighted by molar-refractivity contribution is -0.430. The molecule has 0 bridgehead atoms. The van der Waals surface area contributed by atoms with Gasteiger partial charge in [-0.3, -0.25) is 19.5 Å². The average Bonchev–Trinajstić information content (AvgIpc) is 3.27. The number of aromatic nitrogens is 2. The van der Waals surface area contributed by atoms with E-state index in [1.54, 1.807) is 17.0 Å². The minimum absolute atomic E-state index is 0.173. The fraction of sp³-hybridized carbons (Fsp3) is 0.250. The maximum absolute atomic E-state index is 13.7. The minimum atomic E-state index is -0.721. The highest BCUT2D eigenvalue weighted by Crippen LogP contribution is 2.37. The van der Waals surface area contributed by atoms with Gasteiger partial charge in [-0.1, -0.05) is 68.3 Å². The number of rotatable bonds is 10. The van der Waals surface area contributed by atoms with E-state index >= 15 is 0 Å². The molecule has 0 saturated carbocycles. The molecule has 3 rings (SSSR count). The van der Waals surface area contributed by atoms with Gasteiger partial charge >= 0.3 is 0 Å². The maximum Gasteiger partial charge on any atom is 0.247 e. The Hall–Kier alpha value is -3.54. The zero-order valence-corrected chi connectivity index (χ0v) is 17.0. The fourth-order valence-corrected chi connectivity index (χ4v) is 3.75. The molecule has 1 heterocycles. The van der Waals surface area contributed by atoms with Gasteiger partial charge in [0, 0.05) is 24.0 Å². The molecule has 0 N–H and O–H groups in total. The first-order valence-corrected chi connectivity index (χ1v) is 10.1. The first kappa shape index (κ1) is 21.2. The molecule has 0 spiro atoms. The van der Waals surface area contributed by atoms with Crippen LogP contribution in [0, 0.1) is 16.0 Å². The van der Waals surface area contributed by atoms with Crippen LogP contribution in [0.4, 0.5) is 0 Å². The third-order valence-corrected chi connectivity index (χ3v) is 5.26. The highest BCUT2D eigenvalue weighted by Gasteiger charge is 2.38. The smallest absolute Gasteiger partial charge is 0.247 e. The van der Waals surface area contributed by atoms with E-state index in [9.17, 15) is 14.9 Å². The van der Waals surface area contributed by atoms with Crippen molar-refractivity contribution >= 4 is 5.78 Å². The maximum atomic E-state index is 13.7. The number of nitro groups is 1. The number of carbonyl (C=O) groups is 1. The van der Waals surface area contributed by atoms with Gasteiger partial charge in [0.25, 0.3) is 0 Å². The molecular formula is C24H25N3O3. The number of hydrogen-bond donors (Lipinski definition) is 0. The van der Waals surface area contributed by atoms with Crippen molar-refractivity contribution in [3.05, 3.63) is 107 Å². The Balaban J connectivity index is 2.07. The summed E-state index contributed by atoms with van der Waals surface area (Å²) in [6.07, 6.45) is 5.49. The highest BCUT2D eigenvalue weighted by molar-refractivity contribution is 5.96. The summed E-state index contributed by atoms with van der Waals surface area (Å²) < 4.78 is 1.73. The van der Waals surface area contributed by atoms with Gasteiger partial charge in [-0.05, 0) is 30.7 Å². The topological polar surface area (TPSA) is 78.0 Å². The van der Waals surface area contributed by atoms with Crippen LogP contribution in [0.3, 0.4) is 0 Å². The summed E-state index contributed by atoms with van der Waals surface area (Å²) in [6.45, 7) is 5.76. The van der Waals surface area contributed by atoms with Crippen LogP contribution in [-0.2, 0) is 0 Å². The van der Waals surface area contributed by atoms with Crippen LogP contribution < -0.4 is 0 Å².